The van der Waals surface area contributed by atoms with E-state index in [1.165, 1.54) is 16.9 Å². The third-order valence-corrected chi connectivity index (χ3v) is 5.88. The number of piperazine rings is 1. The molecule has 0 radical (unpaired) electrons. The van der Waals surface area contributed by atoms with Crippen molar-refractivity contribution in [2.75, 3.05) is 49.1 Å². The maximum absolute atomic E-state index is 12.7. The lowest BCUT2D eigenvalue weighted by Crippen LogP contribution is -2.55. The Morgan fingerprint density at radius 2 is 1.46 bits per heavy atom. The second kappa shape index (κ2) is 8.55. The van der Waals surface area contributed by atoms with Crippen LogP contribution in [0, 0.1) is 6.92 Å². The van der Waals surface area contributed by atoms with E-state index in [2.05, 4.69) is 76.6 Å². The van der Waals surface area contributed by atoms with Crippen molar-refractivity contribution in [1.82, 2.24) is 10.2 Å². The molecule has 0 aliphatic carbocycles. The highest BCUT2D eigenvalue weighted by molar-refractivity contribution is 5.75. The van der Waals surface area contributed by atoms with Crippen molar-refractivity contribution in [3.8, 4) is 0 Å². The van der Waals surface area contributed by atoms with Crippen LogP contribution < -0.4 is 15.1 Å². The van der Waals surface area contributed by atoms with Crippen molar-refractivity contribution in [2.24, 2.45) is 0 Å². The van der Waals surface area contributed by atoms with Gasteiger partial charge in [-0.2, -0.15) is 0 Å². The molecule has 2 saturated heterocycles. The Labute approximate surface area is 167 Å². The van der Waals surface area contributed by atoms with Crippen molar-refractivity contribution in [3.05, 3.63) is 60.2 Å². The number of nitrogens with one attached hydrogen (secondary N) is 1. The van der Waals surface area contributed by atoms with E-state index in [1.807, 2.05) is 4.90 Å². The second-order valence-electron chi connectivity index (χ2n) is 7.86. The summed E-state index contributed by atoms with van der Waals surface area (Å²) in [6.45, 7) is 7.46. The van der Waals surface area contributed by atoms with Crippen LogP contribution in [0.5, 0.6) is 0 Å². The van der Waals surface area contributed by atoms with Crippen molar-refractivity contribution < 1.29 is 4.79 Å². The maximum Gasteiger partial charge on any atom is 0.317 e. The molecule has 2 heterocycles. The zero-order chi connectivity index (χ0) is 19.3. The van der Waals surface area contributed by atoms with Gasteiger partial charge in [0.25, 0.3) is 0 Å². The summed E-state index contributed by atoms with van der Waals surface area (Å²) in [5.41, 5.74) is 3.81. The van der Waals surface area contributed by atoms with Gasteiger partial charge in [-0.05, 0) is 49.6 Å². The molecular weight excluding hydrogens is 348 g/mol. The molecule has 2 aliphatic heterocycles. The van der Waals surface area contributed by atoms with Gasteiger partial charge in [0, 0.05) is 56.7 Å². The number of carbonyl (C=O) groups is 1. The largest absolute Gasteiger partial charge is 0.371 e. The van der Waals surface area contributed by atoms with Crippen LogP contribution in [0.1, 0.15) is 18.4 Å². The number of hydrogen-bond donors (Lipinski definition) is 1. The molecule has 0 unspecified atom stereocenters. The number of carbonyl (C=O) groups excluding carboxylic acids is 1. The summed E-state index contributed by atoms with van der Waals surface area (Å²) in [4.78, 5) is 19.4. The first-order valence-electron chi connectivity index (χ1n) is 10.4. The second-order valence-corrected chi connectivity index (χ2v) is 7.86. The highest BCUT2D eigenvalue weighted by atomic mass is 16.2. The molecule has 5 heteroatoms. The summed E-state index contributed by atoms with van der Waals surface area (Å²) >= 11 is 0. The smallest absolute Gasteiger partial charge is 0.317 e. The number of anilines is 2. The molecule has 2 aromatic rings. The Kier molecular flexibility index (Phi) is 5.70. The van der Waals surface area contributed by atoms with Crippen LogP contribution in [0.2, 0.25) is 0 Å². The molecule has 0 spiro atoms. The average molecular weight is 379 g/mol. The number of benzene rings is 2. The van der Waals surface area contributed by atoms with Gasteiger partial charge in [-0.1, -0.05) is 30.3 Å². The highest BCUT2D eigenvalue weighted by Crippen LogP contribution is 2.20. The summed E-state index contributed by atoms with van der Waals surface area (Å²) < 4.78 is 0. The minimum absolute atomic E-state index is 0.0991. The minimum atomic E-state index is 0.0991. The molecule has 2 fully saturated rings. The van der Waals surface area contributed by atoms with Gasteiger partial charge in [-0.3, -0.25) is 0 Å². The van der Waals surface area contributed by atoms with E-state index in [9.17, 15) is 4.79 Å². The minimum Gasteiger partial charge on any atom is -0.371 e. The van der Waals surface area contributed by atoms with Gasteiger partial charge >= 0.3 is 6.03 Å². The summed E-state index contributed by atoms with van der Waals surface area (Å²) in [5.74, 6) is 0. The highest BCUT2D eigenvalue weighted by Gasteiger charge is 2.25. The van der Waals surface area contributed by atoms with Crippen LogP contribution in [0.25, 0.3) is 0 Å². The number of nitrogens with zero attached hydrogens (tertiary/aromatic N) is 3. The number of urea groups is 1. The molecular formula is C23H30N4O. The van der Waals surface area contributed by atoms with E-state index in [0.717, 1.165) is 52.1 Å². The number of aryl methyl sites for hydroxylation is 1. The molecule has 0 bridgehead atoms. The molecule has 2 amide bonds. The SMILES string of the molecule is Cc1cccc(N2CCN(C(=O)NC3CCN(c4ccccc4)CC3)CC2)c1. The quantitative estimate of drug-likeness (QED) is 0.889. The number of amides is 2. The lowest BCUT2D eigenvalue weighted by Gasteiger charge is -2.38. The Morgan fingerprint density at radius 1 is 0.821 bits per heavy atom. The fourth-order valence-corrected chi connectivity index (χ4v) is 4.18. The van der Waals surface area contributed by atoms with Crippen molar-refractivity contribution in [2.45, 2.75) is 25.8 Å². The molecule has 0 aromatic heterocycles. The normalized spacial score (nSPS) is 18.2. The molecule has 5 nitrogen and oxygen atoms in total. The number of para-hydroxylation sites is 1. The van der Waals surface area contributed by atoms with E-state index >= 15 is 0 Å². The monoisotopic (exact) mass is 378 g/mol. The standard InChI is InChI=1S/C23H30N4O/c1-19-6-5-9-22(18-19)26-14-16-27(17-15-26)23(28)24-20-10-12-25(13-11-20)21-7-3-2-4-8-21/h2-9,18,20H,10-17H2,1H3,(H,24,28). The van der Waals surface area contributed by atoms with Gasteiger partial charge in [0.05, 0.1) is 0 Å². The van der Waals surface area contributed by atoms with E-state index in [-0.39, 0.29) is 12.1 Å². The first kappa shape index (κ1) is 18.7. The summed E-state index contributed by atoms with van der Waals surface area (Å²) in [7, 11) is 0. The van der Waals surface area contributed by atoms with Crippen molar-refractivity contribution in [3.63, 3.8) is 0 Å². The summed E-state index contributed by atoms with van der Waals surface area (Å²) in [6.07, 6.45) is 2.01. The van der Waals surface area contributed by atoms with Crippen LogP contribution in [-0.2, 0) is 0 Å². The molecule has 0 atom stereocenters. The van der Waals surface area contributed by atoms with Gasteiger partial charge in [0.1, 0.15) is 0 Å². The average Bonchev–Trinajstić information content (AvgIpc) is 2.75. The van der Waals surface area contributed by atoms with Gasteiger partial charge < -0.3 is 20.0 Å². The molecule has 2 aliphatic rings. The van der Waals surface area contributed by atoms with Crippen LogP contribution in [0.3, 0.4) is 0 Å². The predicted molar refractivity (Wildman–Crippen MR) is 115 cm³/mol. The maximum atomic E-state index is 12.7. The van der Waals surface area contributed by atoms with Crippen molar-refractivity contribution in [1.29, 1.82) is 0 Å². The zero-order valence-corrected chi connectivity index (χ0v) is 16.7. The topological polar surface area (TPSA) is 38.8 Å². The molecule has 0 saturated carbocycles. The Morgan fingerprint density at radius 3 is 2.14 bits per heavy atom. The molecule has 28 heavy (non-hydrogen) atoms. The molecule has 4 rings (SSSR count). The fourth-order valence-electron chi connectivity index (χ4n) is 4.18. The van der Waals surface area contributed by atoms with E-state index < -0.39 is 0 Å². The lowest BCUT2D eigenvalue weighted by atomic mass is 10.0. The van der Waals surface area contributed by atoms with Gasteiger partial charge in [-0.15, -0.1) is 0 Å². The number of rotatable bonds is 3. The first-order valence-corrected chi connectivity index (χ1v) is 10.4. The number of hydrogen-bond acceptors (Lipinski definition) is 3. The molecule has 2 aromatic carbocycles. The van der Waals surface area contributed by atoms with E-state index in [4.69, 9.17) is 0 Å². The van der Waals surface area contributed by atoms with Gasteiger partial charge in [0.2, 0.25) is 0 Å². The predicted octanol–water partition coefficient (Wildman–Crippen LogP) is 3.50. The summed E-state index contributed by atoms with van der Waals surface area (Å²) in [5, 5.41) is 3.27. The Bertz CT molecular complexity index is 778. The fraction of sp³-hybridized carbons (Fsp3) is 0.435. The zero-order valence-electron chi connectivity index (χ0n) is 16.7. The number of piperidine rings is 1. The van der Waals surface area contributed by atoms with Crippen LogP contribution in [0.4, 0.5) is 16.2 Å². The summed E-state index contributed by atoms with van der Waals surface area (Å²) in [6, 6.07) is 19.5. The third kappa shape index (κ3) is 4.41. The van der Waals surface area contributed by atoms with Crippen LogP contribution in [0.15, 0.2) is 54.6 Å². The first-order chi connectivity index (χ1) is 13.7. The Hall–Kier alpha value is -2.69. The van der Waals surface area contributed by atoms with Gasteiger partial charge in [-0.25, -0.2) is 4.79 Å². The Balaban J connectivity index is 1.23. The lowest BCUT2D eigenvalue weighted by molar-refractivity contribution is 0.188. The molecule has 148 valence electrons. The van der Waals surface area contributed by atoms with E-state index in [0.29, 0.717) is 0 Å². The van der Waals surface area contributed by atoms with E-state index in [1.54, 1.807) is 0 Å². The van der Waals surface area contributed by atoms with Crippen LogP contribution >= 0.6 is 0 Å². The third-order valence-electron chi connectivity index (χ3n) is 5.88. The van der Waals surface area contributed by atoms with Gasteiger partial charge in [0.15, 0.2) is 0 Å². The molecule has 1 N–H and O–H groups in total. The van der Waals surface area contributed by atoms with Crippen molar-refractivity contribution >= 4 is 17.4 Å². The van der Waals surface area contributed by atoms with Crippen LogP contribution in [-0.4, -0.2) is 56.2 Å².